The van der Waals surface area contributed by atoms with Crippen molar-refractivity contribution in [2.24, 2.45) is 5.92 Å². The molecule has 0 bridgehead atoms. The van der Waals surface area contributed by atoms with E-state index in [1.54, 1.807) is 24.4 Å². The number of hydrogen-bond acceptors (Lipinski definition) is 6. The maximum Gasteiger partial charge on any atom is 0.420 e. The molecule has 1 aromatic carbocycles. The molecule has 0 fully saturated rings. The smallest absolute Gasteiger partial charge is 0.420 e. The fraction of sp³-hybridized carbons (Fsp3) is 0.417. The van der Waals surface area contributed by atoms with Crippen LogP contribution in [0.5, 0.6) is 0 Å². The first-order valence-electron chi connectivity index (χ1n) is 10.9. The molecule has 3 aromatic rings. The summed E-state index contributed by atoms with van der Waals surface area (Å²) in [5.74, 6) is 0.684. The van der Waals surface area contributed by atoms with Gasteiger partial charge in [0.05, 0.1) is 13.7 Å². The minimum atomic E-state index is -4.19. The number of sulfonamides is 1. The molecule has 1 amide bonds. The van der Waals surface area contributed by atoms with Crippen LogP contribution in [0.2, 0.25) is 0 Å². The Morgan fingerprint density at radius 1 is 1.26 bits per heavy atom. The van der Waals surface area contributed by atoms with Crippen LogP contribution in [0.4, 0.5) is 9.18 Å². The van der Waals surface area contributed by atoms with Crippen LogP contribution >= 0.6 is 11.3 Å². The monoisotopic (exact) mass is 507 g/mol. The van der Waals surface area contributed by atoms with E-state index in [9.17, 15) is 13.2 Å². The number of benzene rings is 1. The highest BCUT2D eigenvalue weighted by molar-refractivity contribution is 7.92. The van der Waals surface area contributed by atoms with Crippen LogP contribution in [0.15, 0.2) is 40.9 Å². The molecule has 0 radical (unpaired) electrons. The van der Waals surface area contributed by atoms with Crippen molar-refractivity contribution < 1.29 is 22.3 Å². The third-order valence-electron chi connectivity index (χ3n) is 5.10. The van der Waals surface area contributed by atoms with Crippen LogP contribution in [0, 0.1) is 11.7 Å². The number of thiophene rings is 1. The van der Waals surface area contributed by atoms with Crippen molar-refractivity contribution in [1.29, 1.82) is 0 Å². The number of amides is 1. The molecule has 7 nitrogen and oxygen atoms in total. The number of ether oxygens (including phenoxy) is 1. The van der Waals surface area contributed by atoms with Gasteiger partial charge in [0.1, 0.15) is 15.9 Å². The van der Waals surface area contributed by atoms with Gasteiger partial charge in [-0.05, 0) is 30.0 Å². The molecule has 0 saturated carbocycles. The third kappa shape index (κ3) is 5.85. The van der Waals surface area contributed by atoms with Gasteiger partial charge in [-0.1, -0.05) is 46.8 Å². The summed E-state index contributed by atoms with van der Waals surface area (Å²) in [7, 11) is -3.11. The van der Waals surface area contributed by atoms with E-state index < -0.39 is 21.9 Å². The Morgan fingerprint density at radius 3 is 2.56 bits per heavy atom. The van der Waals surface area contributed by atoms with Crippen LogP contribution in [0.3, 0.4) is 0 Å². The van der Waals surface area contributed by atoms with Crippen molar-refractivity contribution in [2.45, 2.75) is 57.2 Å². The molecule has 0 aliphatic heterocycles. The van der Waals surface area contributed by atoms with Gasteiger partial charge in [0, 0.05) is 33.8 Å². The molecule has 0 aliphatic rings. The normalized spacial score (nSPS) is 12.2. The number of methoxy groups -OCH3 is 1. The summed E-state index contributed by atoms with van der Waals surface area (Å²) < 4.78 is 49.2. The highest BCUT2D eigenvalue weighted by atomic mass is 32.2. The Balaban J connectivity index is 2.01. The molecule has 2 aromatic heterocycles. The first-order chi connectivity index (χ1) is 15.8. The van der Waals surface area contributed by atoms with Crippen molar-refractivity contribution >= 4 is 27.5 Å². The van der Waals surface area contributed by atoms with E-state index in [4.69, 9.17) is 0 Å². The second-order valence-corrected chi connectivity index (χ2v) is 12.6. The summed E-state index contributed by atoms with van der Waals surface area (Å²) in [4.78, 5) is 16.8. The predicted molar refractivity (Wildman–Crippen MR) is 131 cm³/mol. The number of halogens is 1. The molecule has 0 spiro atoms. The Labute approximate surface area is 204 Å². The number of nitrogens with zero attached hydrogens (tertiary/aromatic N) is 2. The summed E-state index contributed by atoms with van der Waals surface area (Å²) in [6, 6.07) is 6.44. The van der Waals surface area contributed by atoms with Crippen molar-refractivity contribution in [3.63, 3.8) is 0 Å². The number of carbonyl (C=O) groups is 1. The Hall–Kier alpha value is -2.72. The van der Waals surface area contributed by atoms with Gasteiger partial charge in [-0.25, -0.2) is 27.3 Å². The summed E-state index contributed by atoms with van der Waals surface area (Å²) in [6.07, 6.45) is 3.08. The van der Waals surface area contributed by atoms with Gasteiger partial charge in [0.25, 0.3) is 10.0 Å². The summed E-state index contributed by atoms with van der Waals surface area (Å²) in [5, 5.41) is 0. The van der Waals surface area contributed by atoms with E-state index in [1.807, 2.05) is 50.1 Å². The topological polar surface area (TPSA) is 90.3 Å². The van der Waals surface area contributed by atoms with Crippen molar-refractivity contribution in [3.8, 4) is 11.1 Å². The molecule has 1 N–H and O–H groups in total. The molecule has 184 valence electrons. The summed E-state index contributed by atoms with van der Waals surface area (Å²) in [6.45, 7) is 10.5. The van der Waals surface area contributed by atoms with Crippen molar-refractivity contribution in [3.05, 3.63) is 58.7 Å². The average molecular weight is 508 g/mol. The maximum atomic E-state index is 15.2. The zero-order valence-electron chi connectivity index (χ0n) is 20.2. The molecule has 0 aliphatic carbocycles. The molecule has 0 atom stereocenters. The zero-order valence-corrected chi connectivity index (χ0v) is 21.8. The molecule has 0 saturated heterocycles. The second-order valence-electron chi connectivity index (χ2n) is 9.54. The van der Waals surface area contributed by atoms with E-state index >= 15 is 4.39 Å². The minimum Gasteiger partial charge on any atom is -0.452 e. The lowest BCUT2D eigenvalue weighted by Gasteiger charge is -2.20. The summed E-state index contributed by atoms with van der Waals surface area (Å²) in [5.41, 5.74) is 1.03. The fourth-order valence-corrected chi connectivity index (χ4v) is 6.50. The molecule has 2 heterocycles. The number of imidazole rings is 1. The SMILES string of the molecule is COC(=O)NS(=O)(=O)c1sc(CC(C)C)cc1-c1ccc(Cn2ccnc2C(C)(C)C)c(F)c1. The van der Waals surface area contributed by atoms with Crippen LogP contribution in [-0.2, 0) is 33.1 Å². The molecule has 34 heavy (non-hydrogen) atoms. The van der Waals surface area contributed by atoms with Gasteiger partial charge in [0.15, 0.2) is 0 Å². The van der Waals surface area contributed by atoms with Crippen molar-refractivity contribution in [1.82, 2.24) is 14.3 Å². The van der Waals surface area contributed by atoms with Crippen LogP contribution in [0.25, 0.3) is 11.1 Å². The largest absolute Gasteiger partial charge is 0.452 e. The highest BCUT2D eigenvalue weighted by Gasteiger charge is 2.27. The maximum absolute atomic E-state index is 15.2. The highest BCUT2D eigenvalue weighted by Crippen LogP contribution is 2.37. The van der Waals surface area contributed by atoms with E-state index in [1.165, 1.54) is 6.07 Å². The van der Waals surface area contributed by atoms with Gasteiger partial charge >= 0.3 is 6.09 Å². The molecule has 0 unspecified atom stereocenters. The van der Waals surface area contributed by atoms with Crippen LogP contribution < -0.4 is 4.72 Å². The third-order valence-corrected chi connectivity index (χ3v) is 8.10. The lowest BCUT2D eigenvalue weighted by molar-refractivity contribution is 0.177. The fourth-order valence-electron chi connectivity index (χ4n) is 3.63. The van der Waals surface area contributed by atoms with Crippen molar-refractivity contribution in [2.75, 3.05) is 7.11 Å². The number of nitrogens with one attached hydrogen (secondary N) is 1. The average Bonchev–Trinajstić information content (AvgIpc) is 3.36. The molecular weight excluding hydrogens is 477 g/mol. The van der Waals surface area contributed by atoms with E-state index in [-0.39, 0.29) is 9.62 Å². The lowest BCUT2D eigenvalue weighted by Crippen LogP contribution is -2.30. The van der Waals surface area contributed by atoms with Crippen LogP contribution in [-0.4, -0.2) is 31.2 Å². The first-order valence-corrected chi connectivity index (χ1v) is 13.2. The predicted octanol–water partition coefficient (Wildman–Crippen LogP) is 5.34. The van der Waals surface area contributed by atoms with Crippen LogP contribution in [0.1, 0.15) is 50.9 Å². The van der Waals surface area contributed by atoms with Gasteiger partial charge in [0.2, 0.25) is 0 Å². The number of carbonyl (C=O) groups excluding carboxylic acids is 1. The molecule has 3 rings (SSSR count). The lowest BCUT2D eigenvalue weighted by atomic mass is 9.95. The number of aromatic nitrogens is 2. The van der Waals surface area contributed by atoms with Gasteiger partial charge in [-0.3, -0.25) is 0 Å². The van der Waals surface area contributed by atoms with E-state index in [0.717, 1.165) is 29.1 Å². The number of hydrogen-bond donors (Lipinski definition) is 1. The Kier molecular flexibility index (Phi) is 7.52. The number of rotatable bonds is 7. The molecular formula is C24H30FN3O4S2. The molecule has 10 heteroatoms. The van der Waals surface area contributed by atoms with Gasteiger partial charge in [-0.15, -0.1) is 11.3 Å². The van der Waals surface area contributed by atoms with Gasteiger partial charge in [-0.2, -0.15) is 0 Å². The summed E-state index contributed by atoms with van der Waals surface area (Å²) >= 11 is 1.07. The minimum absolute atomic E-state index is 0.0506. The Bertz CT molecular complexity index is 1290. The first kappa shape index (κ1) is 25.9. The standard InChI is InChI=1S/C24H30FN3O4S2/c1-15(2)11-18-13-19(21(33-18)34(30,31)27-23(29)32-6)16-7-8-17(20(25)12-16)14-28-10-9-26-22(28)24(3,4)5/h7-10,12-13,15H,11,14H2,1-6H3,(H,27,29). The van der Waals surface area contributed by atoms with E-state index in [0.29, 0.717) is 35.6 Å². The van der Waals surface area contributed by atoms with Gasteiger partial charge < -0.3 is 9.30 Å². The zero-order chi connectivity index (χ0) is 25.3. The van der Waals surface area contributed by atoms with E-state index in [2.05, 4.69) is 9.72 Å². The Morgan fingerprint density at radius 2 is 1.97 bits per heavy atom. The quantitative estimate of drug-likeness (QED) is 0.466. The second kappa shape index (κ2) is 9.87.